The number of carboxylic acid groups (broad SMARTS) is 1. The van der Waals surface area contributed by atoms with Gasteiger partial charge in [-0.1, -0.05) is 24.3 Å². The van der Waals surface area contributed by atoms with E-state index in [9.17, 15) is 18.0 Å². The fourth-order valence-electron chi connectivity index (χ4n) is 3.16. The molecule has 0 radical (unpaired) electrons. The zero-order valence-corrected chi connectivity index (χ0v) is 17.6. The van der Waals surface area contributed by atoms with Crippen molar-refractivity contribution in [2.24, 2.45) is 0 Å². The number of carbonyl (C=O) groups is 1. The molecule has 1 N–H and O–H groups in total. The number of nitrogens with zero attached hydrogens (tertiary/aromatic N) is 1. The van der Waals surface area contributed by atoms with Crippen molar-refractivity contribution in [3.63, 3.8) is 0 Å². The summed E-state index contributed by atoms with van der Waals surface area (Å²) in [6, 6.07) is 13.7. The first-order valence-corrected chi connectivity index (χ1v) is 9.83. The van der Waals surface area contributed by atoms with Gasteiger partial charge >= 0.3 is 12.1 Å². The molecule has 0 spiro atoms. The lowest BCUT2D eigenvalue weighted by Crippen LogP contribution is -2.04. The Morgan fingerprint density at radius 1 is 1.03 bits per heavy atom. The molecule has 5 nitrogen and oxygen atoms in total. The molecule has 0 aliphatic carbocycles. The topological polar surface area (TPSA) is 68.7 Å². The third kappa shape index (κ3) is 5.78. The summed E-state index contributed by atoms with van der Waals surface area (Å²) < 4.78 is 49.4. The molecule has 0 aliphatic heterocycles. The number of benzene rings is 2. The second-order valence-electron chi connectivity index (χ2n) is 7.17. The zero-order valence-electron chi connectivity index (χ0n) is 17.6. The molecule has 168 valence electrons. The van der Waals surface area contributed by atoms with Crippen molar-refractivity contribution in [1.29, 1.82) is 0 Å². The van der Waals surface area contributed by atoms with Crippen molar-refractivity contribution in [3.8, 4) is 22.8 Å². The second-order valence-corrected chi connectivity index (χ2v) is 7.17. The van der Waals surface area contributed by atoms with Crippen LogP contribution in [0, 0.1) is 6.92 Å². The Labute approximate surface area is 183 Å². The first kappa shape index (κ1) is 23.1. The smallest absolute Gasteiger partial charge is 0.416 e. The lowest BCUT2D eigenvalue weighted by atomic mass is 10.1. The standard InChI is InChI=1S/C24H22F3NO4/c1-15-18(6-11-21(28-15)16-3-8-19(9-4-16)24(25,26)27)14-32-20-10-5-17(7-12-23(29)30)22(13-20)31-2/h3-6,8-11,13H,7,12,14H2,1-2H3,(H,29,30). The van der Waals surface area contributed by atoms with Crippen molar-refractivity contribution >= 4 is 5.97 Å². The zero-order chi connectivity index (χ0) is 23.3. The number of methoxy groups -OCH3 is 1. The van der Waals surface area contributed by atoms with Gasteiger partial charge in [0.25, 0.3) is 0 Å². The largest absolute Gasteiger partial charge is 0.496 e. The van der Waals surface area contributed by atoms with E-state index < -0.39 is 17.7 Å². The van der Waals surface area contributed by atoms with Crippen LogP contribution in [0.15, 0.2) is 54.6 Å². The average Bonchev–Trinajstić information content (AvgIpc) is 2.76. The van der Waals surface area contributed by atoms with Crippen LogP contribution in [0.2, 0.25) is 0 Å². The molecule has 0 atom stereocenters. The highest BCUT2D eigenvalue weighted by Gasteiger charge is 2.30. The molecule has 0 amide bonds. The van der Waals surface area contributed by atoms with Gasteiger partial charge in [0.05, 0.1) is 18.4 Å². The van der Waals surface area contributed by atoms with Gasteiger partial charge in [-0.2, -0.15) is 13.2 Å². The molecule has 1 aromatic heterocycles. The summed E-state index contributed by atoms with van der Waals surface area (Å²) in [5.41, 5.74) is 2.77. The van der Waals surface area contributed by atoms with Crippen molar-refractivity contribution in [2.45, 2.75) is 32.5 Å². The number of aryl methyl sites for hydroxylation is 2. The van der Waals surface area contributed by atoms with Crippen LogP contribution in [0.5, 0.6) is 11.5 Å². The van der Waals surface area contributed by atoms with Gasteiger partial charge in [0.15, 0.2) is 0 Å². The summed E-state index contributed by atoms with van der Waals surface area (Å²) in [7, 11) is 1.51. The van der Waals surface area contributed by atoms with Gasteiger partial charge in [-0.15, -0.1) is 0 Å². The van der Waals surface area contributed by atoms with Crippen LogP contribution in [0.1, 0.15) is 28.8 Å². The molecule has 8 heteroatoms. The maximum atomic E-state index is 12.7. The number of aliphatic carboxylic acids is 1. The Morgan fingerprint density at radius 2 is 1.72 bits per heavy atom. The van der Waals surface area contributed by atoms with E-state index >= 15 is 0 Å². The van der Waals surface area contributed by atoms with E-state index in [-0.39, 0.29) is 13.0 Å². The SMILES string of the molecule is COc1cc(OCc2ccc(-c3ccc(C(F)(F)F)cc3)nc2C)ccc1CCC(=O)O. The van der Waals surface area contributed by atoms with Crippen LogP contribution in [-0.2, 0) is 24.0 Å². The maximum Gasteiger partial charge on any atom is 0.416 e. The van der Waals surface area contributed by atoms with Crippen molar-refractivity contribution in [3.05, 3.63) is 77.0 Å². The lowest BCUT2D eigenvalue weighted by molar-refractivity contribution is -0.138. The van der Waals surface area contributed by atoms with E-state index in [1.54, 1.807) is 24.3 Å². The van der Waals surface area contributed by atoms with E-state index in [0.717, 1.165) is 23.3 Å². The predicted molar refractivity (Wildman–Crippen MR) is 113 cm³/mol. The summed E-state index contributed by atoms with van der Waals surface area (Å²) >= 11 is 0. The monoisotopic (exact) mass is 445 g/mol. The molecule has 0 saturated heterocycles. The number of halogens is 3. The molecule has 3 aromatic rings. The molecule has 0 bridgehead atoms. The minimum atomic E-state index is -4.37. The van der Waals surface area contributed by atoms with Crippen LogP contribution in [-0.4, -0.2) is 23.2 Å². The van der Waals surface area contributed by atoms with Crippen LogP contribution in [0.25, 0.3) is 11.3 Å². The number of hydrogen-bond acceptors (Lipinski definition) is 4. The highest BCUT2D eigenvalue weighted by Crippen LogP contribution is 2.31. The molecule has 3 rings (SSSR count). The maximum absolute atomic E-state index is 12.7. The molecule has 0 aliphatic rings. The summed E-state index contributed by atoms with van der Waals surface area (Å²) in [5.74, 6) is 0.235. The van der Waals surface area contributed by atoms with E-state index in [0.29, 0.717) is 34.9 Å². The van der Waals surface area contributed by atoms with Crippen LogP contribution in [0.3, 0.4) is 0 Å². The average molecular weight is 445 g/mol. The van der Waals surface area contributed by atoms with Crippen molar-refractivity contribution in [1.82, 2.24) is 4.98 Å². The van der Waals surface area contributed by atoms with Gasteiger partial charge in [0.1, 0.15) is 18.1 Å². The Morgan fingerprint density at radius 3 is 2.31 bits per heavy atom. The van der Waals surface area contributed by atoms with Gasteiger partial charge in [-0.05, 0) is 43.2 Å². The van der Waals surface area contributed by atoms with E-state index in [2.05, 4.69) is 4.98 Å². The van der Waals surface area contributed by atoms with Crippen molar-refractivity contribution < 1.29 is 32.5 Å². The normalized spacial score (nSPS) is 11.3. The number of rotatable bonds is 8. The van der Waals surface area contributed by atoms with Gasteiger partial charge in [0.2, 0.25) is 0 Å². The minimum Gasteiger partial charge on any atom is -0.496 e. The molecule has 1 heterocycles. The third-order valence-electron chi connectivity index (χ3n) is 4.96. The van der Waals surface area contributed by atoms with Gasteiger partial charge < -0.3 is 14.6 Å². The Hall–Kier alpha value is -3.55. The number of aromatic nitrogens is 1. The lowest BCUT2D eigenvalue weighted by Gasteiger charge is -2.13. The summed E-state index contributed by atoms with van der Waals surface area (Å²) in [5, 5.41) is 8.85. The molecule has 2 aromatic carbocycles. The summed E-state index contributed by atoms with van der Waals surface area (Å²) in [6.07, 6.45) is -4.01. The number of ether oxygens (including phenoxy) is 2. The Kier molecular flexibility index (Phi) is 7.02. The van der Waals surface area contributed by atoms with Crippen molar-refractivity contribution in [2.75, 3.05) is 7.11 Å². The highest BCUT2D eigenvalue weighted by atomic mass is 19.4. The Bertz CT molecular complexity index is 1100. The molecule has 32 heavy (non-hydrogen) atoms. The summed E-state index contributed by atoms with van der Waals surface area (Å²) in [6.45, 7) is 2.05. The van der Waals surface area contributed by atoms with Gasteiger partial charge in [-0.25, -0.2) is 0 Å². The minimum absolute atomic E-state index is 0.00666. The highest BCUT2D eigenvalue weighted by molar-refractivity contribution is 5.67. The fraction of sp³-hybridized carbons (Fsp3) is 0.250. The first-order chi connectivity index (χ1) is 15.2. The molecular weight excluding hydrogens is 423 g/mol. The first-order valence-electron chi connectivity index (χ1n) is 9.83. The van der Waals surface area contributed by atoms with Gasteiger partial charge in [0, 0.05) is 29.3 Å². The van der Waals surface area contributed by atoms with E-state index in [4.69, 9.17) is 14.6 Å². The van der Waals surface area contributed by atoms with E-state index in [1.165, 1.54) is 19.2 Å². The quantitative estimate of drug-likeness (QED) is 0.483. The molecule has 0 saturated carbocycles. The van der Waals surface area contributed by atoms with Crippen LogP contribution in [0.4, 0.5) is 13.2 Å². The number of carboxylic acids is 1. The number of alkyl halides is 3. The molecular formula is C24H22F3NO4. The Balaban J connectivity index is 1.69. The molecule has 0 fully saturated rings. The summed E-state index contributed by atoms with van der Waals surface area (Å²) in [4.78, 5) is 15.3. The van der Waals surface area contributed by atoms with Crippen LogP contribution >= 0.6 is 0 Å². The molecule has 0 unspecified atom stereocenters. The van der Waals surface area contributed by atoms with E-state index in [1.807, 2.05) is 13.0 Å². The second kappa shape index (κ2) is 9.72. The predicted octanol–water partition coefficient (Wildman–Crippen LogP) is 5.68. The third-order valence-corrected chi connectivity index (χ3v) is 4.96. The van der Waals surface area contributed by atoms with Crippen LogP contribution < -0.4 is 9.47 Å². The number of hydrogen-bond donors (Lipinski definition) is 1. The fourth-order valence-corrected chi connectivity index (χ4v) is 3.16. The number of pyridine rings is 1. The van der Waals surface area contributed by atoms with Gasteiger partial charge in [-0.3, -0.25) is 9.78 Å².